The van der Waals surface area contributed by atoms with Gasteiger partial charge in [-0.3, -0.25) is 4.99 Å². The molecule has 0 aromatic heterocycles. The third-order valence-electron chi connectivity index (χ3n) is 4.20. The molecule has 2 rings (SSSR count). The predicted octanol–water partition coefficient (Wildman–Crippen LogP) is 3.40. The van der Waals surface area contributed by atoms with Crippen molar-refractivity contribution < 1.29 is 12.8 Å². The SMILES string of the molecule is CCC(CS(=O)(=O)c1ccccc1)NC(=NC)NCCc1ccc(F)cc1.I. The second-order valence-electron chi connectivity index (χ2n) is 6.22. The first-order valence-electron chi connectivity index (χ1n) is 8.94. The summed E-state index contributed by atoms with van der Waals surface area (Å²) in [5.74, 6) is 0.286. The Bertz CT molecular complexity index is 844. The summed E-state index contributed by atoms with van der Waals surface area (Å²) in [7, 11) is -1.73. The highest BCUT2D eigenvalue weighted by atomic mass is 127. The molecule has 0 radical (unpaired) electrons. The van der Waals surface area contributed by atoms with Crippen molar-refractivity contribution in [2.45, 2.75) is 30.7 Å². The van der Waals surface area contributed by atoms with Crippen LogP contribution < -0.4 is 10.6 Å². The van der Waals surface area contributed by atoms with Gasteiger partial charge in [0.05, 0.1) is 10.6 Å². The van der Waals surface area contributed by atoms with Gasteiger partial charge in [0.2, 0.25) is 0 Å². The zero-order valence-electron chi connectivity index (χ0n) is 16.1. The molecule has 2 aromatic carbocycles. The zero-order chi connectivity index (χ0) is 19.7. The number of nitrogens with zero attached hydrogens (tertiary/aromatic N) is 1. The molecule has 0 aliphatic rings. The molecule has 0 amide bonds. The van der Waals surface area contributed by atoms with Crippen LogP contribution in [0, 0.1) is 5.82 Å². The number of rotatable bonds is 8. The Morgan fingerprint density at radius 1 is 1.11 bits per heavy atom. The summed E-state index contributed by atoms with van der Waals surface area (Å²) in [6.45, 7) is 2.54. The molecule has 2 N–H and O–H groups in total. The maximum Gasteiger partial charge on any atom is 0.191 e. The standard InChI is InChI=1S/C20H26FN3O2S.HI/c1-3-18(15-27(25,26)19-7-5-4-6-8-19)24-20(22-2)23-14-13-16-9-11-17(21)12-10-16;/h4-12,18H,3,13-15H2,1-2H3,(H2,22,23,24);1H. The average molecular weight is 519 g/mol. The third-order valence-corrected chi connectivity index (χ3v) is 6.03. The fraction of sp³-hybridized carbons (Fsp3) is 0.350. The van der Waals surface area contributed by atoms with Gasteiger partial charge in [-0.2, -0.15) is 0 Å². The minimum absolute atomic E-state index is 0. The number of benzene rings is 2. The maximum atomic E-state index is 12.9. The van der Waals surface area contributed by atoms with E-state index in [0.717, 1.165) is 5.56 Å². The van der Waals surface area contributed by atoms with E-state index in [2.05, 4.69) is 15.6 Å². The fourth-order valence-corrected chi connectivity index (χ4v) is 4.23. The Morgan fingerprint density at radius 3 is 2.32 bits per heavy atom. The quantitative estimate of drug-likeness (QED) is 0.319. The second kappa shape index (κ2) is 12.0. The first kappa shape index (κ1) is 24.4. The van der Waals surface area contributed by atoms with E-state index >= 15 is 0 Å². The Kier molecular flexibility index (Phi) is 10.4. The Morgan fingerprint density at radius 2 is 1.75 bits per heavy atom. The van der Waals surface area contributed by atoms with Crippen LogP contribution in [0.4, 0.5) is 4.39 Å². The van der Waals surface area contributed by atoms with Gasteiger partial charge in [0.25, 0.3) is 0 Å². The number of aliphatic imine (C=N–C) groups is 1. The van der Waals surface area contributed by atoms with Crippen molar-refractivity contribution in [3.05, 3.63) is 66.0 Å². The zero-order valence-corrected chi connectivity index (χ0v) is 19.2. The van der Waals surface area contributed by atoms with Gasteiger partial charge in [0.1, 0.15) is 5.82 Å². The van der Waals surface area contributed by atoms with Crippen LogP contribution in [0.1, 0.15) is 18.9 Å². The monoisotopic (exact) mass is 519 g/mol. The molecule has 0 fully saturated rings. The molecule has 5 nitrogen and oxygen atoms in total. The first-order valence-corrected chi connectivity index (χ1v) is 10.6. The number of halogens is 2. The van der Waals surface area contributed by atoms with Crippen LogP contribution in [0.3, 0.4) is 0 Å². The molecule has 0 heterocycles. The summed E-state index contributed by atoms with van der Waals surface area (Å²) >= 11 is 0. The van der Waals surface area contributed by atoms with Gasteiger partial charge in [0, 0.05) is 19.6 Å². The van der Waals surface area contributed by atoms with Crippen LogP contribution in [0.15, 0.2) is 64.5 Å². The molecule has 28 heavy (non-hydrogen) atoms. The molecule has 0 aliphatic carbocycles. The van der Waals surface area contributed by atoms with E-state index in [9.17, 15) is 12.8 Å². The number of hydrogen-bond acceptors (Lipinski definition) is 3. The van der Waals surface area contributed by atoms with Crippen LogP contribution >= 0.6 is 24.0 Å². The smallest absolute Gasteiger partial charge is 0.191 e. The predicted molar refractivity (Wildman–Crippen MR) is 123 cm³/mol. The Balaban J connectivity index is 0.00000392. The highest BCUT2D eigenvalue weighted by Gasteiger charge is 2.20. The van der Waals surface area contributed by atoms with Gasteiger partial charge < -0.3 is 10.6 Å². The summed E-state index contributed by atoms with van der Waals surface area (Å²) < 4.78 is 38.1. The largest absolute Gasteiger partial charge is 0.356 e. The Hall–Kier alpha value is -1.68. The van der Waals surface area contributed by atoms with Crippen molar-refractivity contribution in [2.75, 3.05) is 19.3 Å². The van der Waals surface area contributed by atoms with Crippen LogP contribution in [0.25, 0.3) is 0 Å². The molecule has 0 saturated heterocycles. The van der Waals surface area contributed by atoms with E-state index < -0.39 is 9.84 Å². The van der Waals surface area contributed by atoms with Crippen molar-refractivity contribution in [3.63, 3.8) is 0 Å². The van der Waals surface area contributed by atoms with E-state index in [-0.39, 0.29) is 41.6 Å². The molecule has 2 aromatic rings. The van der Waals surface area contributed by atoms with Gasteiger partial charge in [-0.05, 0) is 42.7 Å². The lowest BCUT2D eigenvalue weighted by Crippen LogP contribution is -2.46. The summed E-state index contributed by atoms with van der Waals surface area (Å²) in [6, 6.07) is 14.6. The van der Waals surface area contributed by atoms with Crippen molar-refractivity contribution >= 4 is 39.8 Å². The lowest BCUT2D eigenvalue weighted by atomic mass is 10.1. The first-order chi connectivity index (χ1) is 12.9. The lowest BCUT2D eigenvalue weighted by molar-refractivity contribution is 0.569. The lowest BCUT2D eigenvalue weighted by Gasteiger charge is -2.20. The molecule has 1 unspecified atom stereocenters. The summed E-state index contributed by atoms with van der Waals surface area (Å²) in [4.78, 5) is 4.49. The molecular weight excluding hydrogens is 492 g/mol. The van der Waals surface area contributed by atoms with Crippen molar-refractivity contribution in [1.29, 1.82) is 0 Å². The van der Waals surface area contributed by atoms with Gasteiger partial charge in [-0.1, -0.05) is 37.3 Å². The van der Waals surface area contributed by atoms with E-state index in [1.165, 1.54) is 12.1 Å². The van der Waals surface area contributed by atoms with E-state index in [0.29, 0.717) is 30.2 Å². The molecule has 1 atom stereocenters. The van der Waals surface area contributed by atoms with Crippen molar-refractivity contribution in [2.24, 2.45) is 4.99 Å². The molecular formula is C20H27FIN3O2S. The van der Waals surface area contributed by atoms with Crippen LogP contribution in [0.5, 0.6) is 0 Å². The van der Waals surface area contributed by atoms with E-state index in [1.807, 2.05) is 6.92 Å². The van der Waals surface area contributed by atoms with Gasteiger partial charge in [-0.15, -0.1) is 24.0 Å². The highest BCUT2D eigenvalue weighted by Crippen LogP contribution is 2.12. The second-order valence-corrected chi connectivity index (χ2v) is 8.25. The topological polar surface area (TPSA) is 70.6 Å². The van der Waals surface area contributed by atoms with Gasteiger partial charge >= 0.3 is 0 Å². The summed E-state index contributed by atoms with van der Waals surface area (Å²) in [5, 5.41) is 6.35. The number of hydrogen-bond donors (Lipinski definition) is 2. The number of guanidine groups is 1. The highest BCUT2D eigenvalue weighted by molar-refractivity contribution is 14.0. The van der Waals surface area contributed by atoms with Crippen LogP contribution in [0.2, 0.25) is 0 Å². The van der Waals surface area contributed by atoms with Crippen LogP contribution in [-0.2, 0) is 16.3 Å². The minimum Gasteiger partial charge on any atom is -0.356 e. The van der Waals surface area contributed by atoms with E-state index in [1.54, 1.807) is 49.5 Å². The van der Waals surface area contributed by atoms with Gasteiger partial charge in [0.15, 0.2) is 15.8 Å². The van der Waals surface area contributed by atoms with Crippen LogP contribution in [-0.4, -0.2) is 39.8 Å². The minimum atomic E-state index is -3.37. The third kappa shape index (κ3) is 7.75. The summed E-state index contributed by atoms with van der Waals surface area (Å²) in [6.07, 6.45) is 1.35. The number of sulfone groups is 1. The Labute approximate surface area is 183 Å². The molecule has 0 bridgehead atoms. The van der Waals surface area contributed by atoms with Crippen molar-refractivity contribution in [1.82, 2.24) is 10.6 Å². The van der Waals surface area contributed by atoms with Gasteiger partial charge in [-0.25, -0.2) is 12.8 Å². The van der Waals surface area contributed by atoms with E-state index in [4.69, 9.17) is 0 Å². The average Bonchev–Trinajstić information content (AvgIpc) is 2.68. The number of nitrogens with one attached hydrogen (secondary N) is 2. The molecule has 154 valence electrons. The molecule has 0 aliphatic heterocycles. The normalized spacial score (nSPS) is 12.8. The van der Waals surface area contributed by atoms with Crippen molar-refractivity contribution in [3.8, 4) is 0 Å². The molecule has 0 spiro atoms. The molecule has 8 heteroatoms. The fourth-order valence-electron chi connectivity index (χ4n) is 2.61. The maximum absolute atomic E-state index is 12.9. The summed E-state index contributed by atoms with van der Waals surface area (Å²) in [5.41, 5.74) is 1.01. The molecule has 0 saturated carbocycles.